The Bertz CT molecular complexity index is 758. The average Bonchev–Trinajstić information content (AvgIpc) is 3.45. The van der Waals surface area contributed by atoms with Crippen LogP contribution >= 0.6 is 11.6 Å². The summed E-state index contributed by atoms with van der Waals surface area (Å²) in [6, 6.07) is 15.2. The van der Waals surface area contributed by atoms with Gasteiger partial charge in [-0.25, -0.2) is 0 Å². The van der Waals surface area contributed by atoms with Crippen molar-refractivity contribution in [2.24, 2.45) is 0 Å². The fraction of sp³-hybridized carbons (Fsp3) is 0.350. The lowest BCUT2D eigenvalue weighted by Gasteiger charge is -2.22. The molecule has 0 spiro atoms. The van der Waals surface area contributed by atoms with Crippen molar-refractivity contribution in [3.8, 4) is 5.75 Å². The van der Waals surface area contributed by atoms with Gasteiger partial charge in [-0.15, -0.1) is 0 Å². The first kappa shape index (κ1) is 17.8. The zero-order valence-electron chi connectivity index (χ0n) is 14.4. The molecule has 1 atom stereocenters. The lowest BCUT2D eigenvalue weighted by molar-refractivity contribution is -0.124. The summed E-state index contributed by atoms with van der Waals surface area (Å²) < 4.78 is 11.0. The van der Waals surface area contributed by atoms with Gasteiger partial charge in [0.2, 0.25) is 5.91 Å². The maximum Gasteiger partial charge on any atom is 0.230 e. The highest BCUT2D eigenvalue weighted by molar-refractivity contribution is 6.31. The number of rotatable bonds is 7. The van der Waals surface area contributed by atoms with E-state index in [1.54, 1.807) is 14.2 Å². The third kappa shape index (κ3) is 3.51. The normalized spacial score (nSPS) is 16.1. The Morgan fingerprint density at radius 1 is 1.16 bits per heavy atom. The first-order valence-electron chi connectivity index (χ1n) is 8.31. The van der Waals surface area contributed by atoms with Crippen molar-refractivity contribution in [2.75, 3.05) is 20.8 Å². The van der Waals surface area contributed by atoms with E-state index in [4.69, 9.17) is 21.1 Å². The van der Waals surface area contributed by atoms with E-state index in [-0.39, 0.29) is 12.0 Å². The second-order valence-corrected chi connectivity index (χ2v) is 6.65. The van der Waals surface area contributed by atoms with Gasteiger partial charge in [-0.3, -0.25) is 4.79 Å². The van der Waals surface area contributed by atoms with Crippen molar-refractivity contribution in [3.63, 3.8) is 0 Å². The molecular weight excluding hydrogens is 338 g/mol. The summed E-state index contributed by atoms with van der Waals surface area (Å²) in [4.78, 5) is 12.9. The maximum atomic E-state index is 12.9. The molecule has 1 saturated carbocycles. The van der Waals surface area contributed by atoms with Gasteiger partial charge in [-0.2, -0.15) is 0 Å². The zero-order chi connectivity index (χ0) is 17.9. The molecule has 0 aliphatic heterocycles. The SMILES string of the molecule is COc1ccccc1C1(C(=O)NCC(OC)c2ccccc2Cl)CC1. The quantitative estimate of drug-likeness (QED) is 0.816. The van der Waals surface area contributed by atoms with Crippen LogP contribution in [0.2, 0.25) is 5.02 Å². The Balaban J connectivity index is 1.73. The smallest absolute Gasteiger partial charge is 0.230 e. The minimum absolute atomic E-state index is 0.00565. The minimum Gasteiger partial charge on any atom is -0.496 e. The van der Waals surface area contributed by atoms with Crippen LogP contribution in [-0.4, -0.2) is 26.7 Å². The average molecular weight is 360 g/mol. The van der Waals surface area contributed by atoms with E-state index in [9.17, 15) is 4.79 Å². The van der Waals surface area contributed by atoms with Gasteiger partial charge in [0.25, 0.3) is 0 Å². The van der Waals surface area contributed by atoms with Gasteiger partial charge >= 0.3 is 0 Å². The largest absolute Gasteiger partial charge is 0.496 e. The van der Waals surface area contributed by atoms with Crippen LogP contribution in [0.25, 0.3) is 0 Å². The third-order valence-electron chi connectivity index (χ3n) is 4.79. The molecule has 4 nitrogen and oxygen atoms in total. The molecule has 1 aliphatic rings. The first-order chi connectivity index (χ1) is 12.1. The van der Waals surface area contributed by atoms with Gasteiger partial charge in [-0.1, -0.05) is 48.0 Å². The van der Waals surface area contributed by atoms with Gasteiger partial charge < -0.3 is 14.8 Å². The molecule has 1 unspecified atom stereocenters. The molecule has 2 aromatic rings. The van der Waals surface area contributed by atoms with Crippen molar-refractivity contribution in [3.05, 3.63) is 64.7 Å². The summed E-state index contributed by atoms with van der Waals surface area (Å²) in [5, 5.41) is 3.67. The number of carbonyl (C=O) groups excluding carboxylic acids is 1. The summed E-state index contributed by atoms with van der Waals surface area (Å²) in [5.41, 5.74) is 1.32. The van der Waals surface area contributed by atoms with Gasteiger partial charge in [0.1, 0.15) is 11.9 Å². The van der Waals surface area contributed by atoms with Crippen LogP contribution < -0.4 is 10.1 Å². The molecule has 0 radical (unpaired) electrons. The number of methoxy groups -OCH3 is 2. The van der Waals surface area contributed by atoms with E-state index < -0.39 is 5.41 Å². The highest BCUT2D eigenvalue weighted by Crippen LogP contribution is 2.51. The van der Waals surface area contributed by atoms with Crippen LogP contribution in [0.5, 0.6) is 5.75 Å². The van der Waals surface area contributed by atoms with E-state index in [1.165, 1.54) is 0 Å². The summed E-state index contributed by atoms with van der Waals surface area (Å²) in [6.07, 6.45) is 1.36. The molecule has 1 N–H and O–H groups in total. The number of hydrogen-bond acceptors (Lipinski definition) is 3. The molecular formula is C20H22ClNO3. The number of ether oxygens (including phenoxy) is 2. The van der Waals surface area contributed by atoms with Crippen LogP contribution in [0, 0.1) is 0 Å². The van der Waals surface area contributed by atoms with Gasteiger partial charge in [-0.05, 0) is 25.0 Å². The van der Waals surface area contributed by atoms with Crippen molar-refractivity contribution >= 4 is 17.5 Å². The summed E-state index contributed by atoms with van der Waals surface area (Å²) in [5.74, 6) is 0.760. The third-order valence-corrected chi connectivity index (χ3v) is 5.14. The number of amides is 1. The molecule has 1 amide bonds. The molecule has 5 heteroatoms. The number of nitrogens with one attached hydrogen (secondary N) is 1. The fourth-order valence-corrected chi connectivity index (χ4v) is 3.45. The topological polar surface area (TPSA) is 47.6 Å². The monoisotopic (exact) mass is 359 g/mol. The Labute approximate surface area is 153 Å². The summed E-state index contributed by atoms with van der Waals surface area (Å²) in [6.45, 7) is 0.371. The molecule has 1 aliphatic carbocycles. The summed E-state index contributed by atoms with van der Waals surface area (Å²) in [7, 11) is 3.25. The van der Waals surface area contributed by atoms with Crippen molar-refractivity contribution < 1.29 is 14.3 Å². The molecule has 25 heavy (non-hydrogen) atoms. The van der Waals surface area contributed by atoms with E-state index >= 15 is 0 Å². The second kappa shape index (κ2) is 7.46. The van der Waals surface area contributed by atoms with Crippen LogP contribution in [0.1, 0.15) is 30.1 Å². The number of halogens is 1. The molecule has 2 aromatic carbocycles. The van der Waals surface area contributed by atoms with Crippen molar-refractivity contribution in [1.82, 2.24) is 5.32 Å². The van der Waals surface area contributed by atoms with Crippen molar-refractivity contribution in [1.29, 1.82) is 0 Å². The Morgan fingerprint density at radius 3 is 2.48 bits per heavy atom. The lowest BCUT2D eigenvalue weighted by atomic mass is 9.93. The highest BCUT2D eigenvalue weighted by Gasteiger charge is 2.52. The Hall–Kier alpha value is -2.04. The number of carbonyl (C=O) groups is 1. The minimum atomic E-state index is -0.495. The lowest BCUT2D eigenvalue weighted by Crippen LogP contribution is -2.37. The van der Waals surface area contributed by atoms with E-state index in [1.807, 2.05) is 48.5 Å². The molecule has 0 aromatic heterocycles. The molecule has 0 saturated heterocycles. The van der Waals surface area contributed by atoms with Gasteiger partial charge in [0.05, 0.1) is 12.5 Å². The first-order valence-corrected chi connectivity index (χ1v) is 8.69. The fourth-order valence-electron chi connectivity index (χ4n) is 3.19. The number of hydrogen-bond donors (Lipinski definition) is 1. The van der Waals surface area contributed by atoms with Crippen LogP contribution in [-0.2, 0) is 14.9 Å². The molecule has 0 heterocycles. The predicted octanol–water partition coefficient (Wildman–Crippen LogP) is 3.88. The van der Waals surface area contributed by atoms with Crippen molar-refractivity contribution in [2.45, 2.75) is 24.4 Å². The second-order valence-electron chi connectivity index (χ2n) is 6.24. The van der Waals surface area contributed by atoms with Gasteiger partial charge in [0.15, 0.2) is 0 Å². The molecule has 132 valence electrons. The summed E-state index contributed by atoms with van der Waals surface area (Å²) >= 11 is 6.24. The maximum absolute atomic E-state index is 12.9. The molecule has 0 bridgehead atoms. The van der Waals surface area contributed by atoms with E-state index in [0.717, 1.165) is 29.7 Å². The molecule has 3 rings (SSSR count). The number of benzene rings is 2. The predicted molar refractivity (Wildman–Crippen MR) is 98.1 cm³/mol. The standard InChI is InChI=1S/C20H22ClNO3/c1-24-17-10-6-4-8-15(17)20(11-12-20)19(23)22-13-18(25-2)14-7-3-5-9-16(14)21/h3-10,18H,11-13H2,1-2H3,(H,22,23). The number of para-hydroxylation sites is 1. The van der Waals surface area contributed by atoms with Crippen LogP contribution in [0.3, 0.4) is 0 Å². The highest BCUT2D eigenvalue weighted by atomic mass is 35.5. The zero-order valence-corrected chi connectivity index (χ0v) is 15.2. The van der Waals surface area contributed by atoms with Gasteiger partial charge in [0, 0.05) is 29.8 Å². The Morgan fingerprint density at radius 2 is 1.84 bits per heavy atom. The van der Waals surface area contributed by atoms with E-state index in [0.29, 0.717) is 11.6 Å². The Kier molecular flexibility index (Phi) is 5.30. The van der Waals surface area contributed by atoms with Crippen LogP contribution in [0.15, 0.2) is 48.5 Å². The van der Waals surface area contributed by atoms with Crippen LogP contribution in [0.4, 0.5) is 0 Å². The van der Waals surface area contributed by atoms with E-state index in [2.05, 4.69) is 5.32 Å². The molecule has 1 fully saturated rings.